The third-order valence-electron chi connectivity index (χ3n) is 4.52. The molecule has 0 radical (unpaired) electrons. The zero-order chi connectivity index (χ0) is 18.1. The monoisotopic (exact) mass is 431 g/mol. The van der Waals surface area contributed by atoms with Crippen LogP contribution in [0.4, 0.5) is 4.39 Å². The van der Waals surface area contributed by atoms with E-state index in [-0.39, 0.29) is 5.82 Å². The molecule has 132 valence electrons. The van der Waals surface area contributed by atoms with E-state index in [0.717, 1.165) is 42.9 Å². The number of hydrogen-bond donors (Lipinski definition) is 0. The minimum Gasteiger partial charge on any atom is -0.294 e. The molecule has 4 rings (SSSR count). The van der Waals surface area contributed by atoms with Crippen molar-refractivity contribution >= 4 is 27.5 Å². The second-order valence-corrected chi connectivity index (χ2v) is 7.55. The number of fused-ring (bicyclic) bond motifs is 1. The number of hydrogen-bond acceptors (Lipinski definition) is 3. The van der Waals surface area contributed by atoms with Gasteiger partial charge in [-0.15, -0.1) is 0 Å². The Kier molecular flexibility index (Phi) is 5.02. The fourth-order valence-electron chi connectivity index (χ4n) is 3.17. The van der Waals surface area contributed by atoms with Crippen molar-refractivity contribution in [3.05, 3.63) is 80.8 Å². The summed E-state index contributed by atoms with van der Waals surface area (Å²) in [5, 5.41) is 0.475. The van der Waals surface area contributed by atoms with Crippen LogP contribution in [0.25, 0.3) is 11.4 Å². The van der Waals surface area contributed by atoms with Crippen LogP contribution in [0.3, 0.4) is 0 Å². The Morgan fingerprint density at radius 2 is 1.92 bits per heavy atom. The molecule has 2 aromatic carbocycles. The molecule has 0 saturated carbocycles. The summed E-state index contributed by atoms with van der Waals surface area (Å²) in [6.45, 7) is 2.53. The summed E-state index contributed by atoms with van der Waals surface area (Å²) in [6.07, 6.45) is 0.819. The van der Waals surface area contributed by atoms with Crippen LogP contribution in [0, 0.1) is 5.82 Å². The third-order valence-corrected chi connectivity index (χ3v) is 5.44. The highest BCUT2D eigenvalue weighted by Gasteiger charge is 2.22. The lowest BCUT2D eigenvalue weighted by Crippen LogP contribution is -2.31. The molecule has 0 amide bonds. The van der Waals surface area contributed by atoms with Gasteiger partial charge in [0.25, 0.3) is 0 Å². The lowest BCUT2D eigenvalue weighted by Gasteiger charge is -2.28. The van der Waals surface area contributed by atoms with Crippen LogP contribution in [-0.4, -0.2) is 21.4 Å². The van der Waals surface area contributed by atoms with Gasteiger partial charge in [-0.3, -0.25) is 4.90 Å². The summed E-state index contributed by atoms with van der Waals surface area (Å²) in [7, 11) is 0. The van der Waals surface area contributed by atoms with E-state index in [0.29, 0.717) is 15.5 Å². The van der Waals surface area contributed by atoms with Gasteiger partial charge in [0.05, 0.1) is 10.2 Å². The predicted molar refractivity (Wildman–Crippen MR) is 104 cm³/mol. The van der Waals surface area contributed by atoms with Crippen molar-refractivity contribution in [2.24, 2.45) is 0 Å². The lowest BCUT2D eigenvalue weighted by molar-refractivity contribution is 0.243. The highest BCUT2D eigenvalue weighted by molar-refractivity contribution is 9.10. The molecular formula is C20H16BrClFN3. The molecule has 0 atom stereocenters. The van der Waals surface area contributed by atoms with E-state index >= 15 is 0 Å². The first-order valence-electron chi connectivity index (χ1n) is 8.37. The SMILES string of the molecule is Fc1ccc(-c2nc(Cl)c3c(n2)CCN(Cc2ccccc2)C3)cc1Br. The van der Waals surface area contributed by atoms with Crippen molar-refractivity contribution in [2.45, 2.75) is 19.5 Å². The predicted octanol–water partition coefficient (Wildman–Crippen LogP) is 5.26. The Labute approximate surface area is 165 Å². The molecule has 1 aliphatic heterocycles. The Bertz CT molecular complexity index is 949. The Balaban J connectivity index is 1.60. The summed E-state index contributed by atoms with van der Waals surface area (Å²) in [5.41, 5.74) is 3.99. The van der Waals surface area contributed by atoms with E-state index in [1.54, 1.807) is 12.1 Å². The van der Waals surface area contributed by atoms with Crippen LogP contribution >= 0.6 is 27.5 Å². The van der Waals surface area contributed by atoms with Gasteiger partial charge in [-0.1, -0.05) is 41.9 Å². The summed E-state index contributed by atoms with van der Waals surface area (Å²) < 4.78 is 13.9. The summed E-state index contributed by atoms with van der Waals surface area (Å²) >= 11 is 9.68. The number of rotatable bonds is 3. The molecule has 1 aliphatic rings. The highest BCUT2D eigenvalue weighted by atomic mass is 79.9. The van der Waals surface area contributed by atoms with E-state index in [1.165, 1.54) is 11.6 Å². The number of nitrogens with zero attached hydrogens (tertiary/aromatic N) is 3. The van der Waals surface area contributed by atoms with E-state index in [1.807, 2.05) is 6.07 Å². The molecule has 0 aliphatic carbocycles. The first-order valence-corrected chi connectivity index (χ1v) is 9.54. The second kappa shape index (κ2) is 7.43. The number of halogens is 3. The van der Waals surface area contributed by atoms with Crippen molar-refractivity contribution < 1.29 is 4.39 Å². The average Bonchev–Trinajstić information content (AvgIpc) is 2.65. The summed E-state index contributed by atoms with van der Waals surface area (Å²) in [6, 6.07) is 15.1. The summed E-state index contributed by atoms with van der Waals surface area (Å²) in [5.74, 6) is 0.223. The minimum absolute atomic E-state index is 0.311. The largest absolute Gasteiger partial charge is 0.294 e. The fraction of sp³-hybridized carbons (Fsp3) is 0.200. The van der Waals surface area contributed by atoms with Crippen LogP contribution < -0.4 is 0 Å². The number of aromatic nitrogens is 2. The van der Waals surface area contributed by atoms with Crippen LogP contribution in [0.5, 0.6) is 0 Å². The molecule has 3 aromatic rings. The molecule has 0 bridgehead atoms. The fourth-order valence-corrected chi connectivity index (χ4v) is 3.80. The molecule has 6 heteroatoms. The van der Waals surface area contributed by atoms with Gasteiger partial charge in [0.2, 0.25) is 0 Å². The van der Waals surface area contributed by atoms with E-state index in [4.69, 9.17) is 16.6 Å². The van der Waals surface area contributed by atoms with E-state index in [2.05, 4.69) is 50.1 Å². The zero-order valence-corrected chi connectivity index (χ0v) is 16.3. The van der Waals surface area contributed by atoms with Crippen LogP contribution in [0.15, 0.2) is 53.0 Å². The van der Waals surface area contributed by atoms with Crippen molar-refractivity contribution in [3.63, 3.8) is 0 Å². The molecule has 0 saturated heterocycles. The van der Waals surface area contributed by atoms with Gasteiger partial charge in [-0.25, -0.2) is 14.4 Å². The minimum atomic E-state index is -0.311. The normalized spacial score (nSPS) is 14.3. The van der Waals surface area contributed by atoms with Crippen LogP contribution in [-0.2, 0) is 19.5 Å². The van der Waals surface area contributed by atoms with Gasteiger partial charge in [-0.2, -0.15) is 0 Å². The Morgan fingerprint density at radius 3 is 2.69 bits per heavy atom. The van der Waals surface area contributed by atoms with Crippen LogP contribution in [0.1, 0.15) is 16.8 Å². The maximum absolute atomic E-state index is 13.5. The van der Waals surface area contributed by atoms with Crippen molar-refractivity contribution in [1.29, 1.82) is 0 Å². The number of benzene rings is 2. The molecule has 26 heavy (non-hydrogen) atoms. The Hall–Kier alpha value is -1.82. The van der Waals surface area contributed by atoms with Gasteiger partial charge in [-0.05, 0) is 39.7 Å². The van der Waals surface area contributed by atoms with Gasteiger partial charge in [0, 0.05) is 37.2 Å². The highest BCUT2D eigenvalue weighted by Crippen LogP contribution is 2.29. The molecule has 1 aromatic heterocycles. The smallest absolute Gasteiger partial charge is 0.161 e. The third kappa shape index (κ3) is 3.65. The lowest BCUT2D eigenvalue weighted by atomic mass is 10.1. The molecular weight excluding hydrogens is 417 g/mol. The van der Waals surface area contributed by atoms with Crippen molar-refractivity contribution in [2.75, 3.05) is 6.54 Å². The maximum Gasteiger partial charge on any atom is 0.161 e. The molecule has 0 N–H and O–H groups in total. The molecule has 0 spiro atoms. The average molecular weight is 433 g/mol. The van der Waals surface area contributed by atoms with Crippen LogP contribution in [0.2, 0.25) is 5.15 Å². The Morgan fingerprint density at radius 1 is 1.12 bits per heavy atom. The molecule has 2 heterocycles. The van der Waals surface area contributed by atoms with Gasteiger partial charge >= 0.3 is 0 Å². The molecule has 3 nitrogen and oxygen atoms in total. The first kappa shape index (κ1) is 17.6. The maximum atomic E-state index is 13.5. The molecule has 0 unspecified atom stereocenters. The van der Waals surface area contributed by atoms with E-state index in [9.17, 15) is 4.39 Å². The van der Waals surface area contributed by atoms with Crippen molar-refractivity contribution in [3.8, 4) is 11.4 Å². The van der Waals surface area contributed by atoms with Gasteiger partial charge in [0.1, 0.15) is 11.0 Å². The van der Waals surface area contributed by atoms with Gasteiger partial charge in [0.15, 0.2) is 5.82 Å². The second-order valence-electron chi connectivity index (χ2n) is 6.34. The first-order chi connectivity index (χ1) is 12.6. The standard InChI is InChI=1S/C20H16BrClFN3/c21-16-10-14(6-7-17(16)23)20-24-18-8-9-26(12-15(18)19(22)25-20)11-13-4-2-1-3-5-13/h1-7,10H,8-9,11-12H2. The van der Waals surface area contributed by atoms with Gasteiger partial charge < -0.3 is 0 Å². The molecule has 0 fully saturated rings. The van der Waals surface area contributed by atoms with Crippen molar-refractivity contribution in [1.82, 2.24) is 14.9 Å². The quantitative estimate of drug-likeness (QED) is 0.529. The van der Waals surface area contributed by atoms with E-state index < -0.39 is 0 Å². The zero-order valence-electron chi connectivity index (χ0n) is 13.9. The topological polar surface area (TPSA) is 29.0 Å². The summed E-state index contributed by atoms with van der Waals surface area (Å²) in [4.78, 5) is 11.5.